The number of methoxy groups -OCH3 is 1. The average molecular weight is 331 g/mol. The van der Waals surface area contributed by atoms with Gasteiger partial charge in [-0.3, -0.25) is 0 Å². The summed E-state index contributed by atoms with van der Waals surface area (Å²) in [7, 11) is 1.69. The maximum atomic E-state index is 9.41. The lowest BCUT2D eigenvalue weighted by Crippen LogP contribution is -2.13. The fraction of sp³-hybridized carbons (Fsp3) is 0.600. The summed E-state index contributed by atoms with van der Waals surface area (Å²) in [6.45, 7) is 2.36. The van der Waals surface area contributed by atoms with Crippen LogP contribution in [-0.2, 0) is 15.9 Å². The first kappa shape index (κ1) is 16.6. The third kappa shape index (κ3) is 7.67. The van der Waals surface area contributed by atoms with Crippen LogP contribution in [0.25, 0.3) is 0 Å². The molecule has 0 bridgehead atoms. The second-order valence-electron chi connectivity index (χ2n) is 4.63. The molecular weight excluding hydrogens is 308 g/mol. The zero-order valence-corrected chi connectivity index (χ0v) is 13.1. The third-order valence-electron chi connectivity index (χ3n) is 2.98. The van der Waals surface area contributed by atoms with E-state index in [2.05, 4.69) is 28.1 Å². The van der Waals surface area contributed by atoms with Crippen LogP contribution in [-0.4, -0.2) is 38.6 Å². The summed E-state index contributed by atoms with van der Waals surface area (Å²) in [6.07, 6.45) is 2.69. The number of benzene rings is 1. The Morgan fingerprint density at radius 1 is 1.26 bits per heavy atom. The molecule has 0 aliphatic carbocycles. The minimum Gasteiger partial charge on any atom is -0.396 e. The number of hydrogen-bond donors (Lipinski definition) is 1. The Balaban J connectivity index is 2.22. The fourth-order valence-electron chi connectivity index (χ4n) is 1.91. The van der Waals surface area contributed by atoms with E-state index in [4.69, 9.17) is 9.47 Å². The summed E-state index contributed by atoms with van der Waals surface area (Å²) in [5.74, 6) is 0.261. The summed E-state index contributed by atoms with van der Waals surface area (Å²) >= 11 is 3.46. The SMILES string of the molecule is COCCCOCCC(CO)Cc1cccc(Br)c1. The molecule has 19 heavy (non-hydrogen) atoms. The first-order chi connectivity index (χ1) is 9.26. The fourth-order valence-corrected chi connectivity index (χ4v) is 2.36. The van der Waals surface area contributed by atoms with E-state index < -0.39 is 0 Å². The third-order valence-corrected chi connectivity index (χ3v) is 3.47. The lowest BCUT2D eigenvalue weighted by atomic mass is 9.97. The molecule has 0 saturated heterocycles. The van der Waals surface area contributed by atoms with Crippen molar-refractivity contribution in [2.75, 3.05) is 33.5 Å². The van der Waals surface area contributed by atoms with E-state index in [0.29, 0.717) is 6.61 Å². The normalized spacial score (nSPS) is 12.6. The summed E-state index contributed by atoms with van der Waals surface area (Å²) in [5, 5.41) is 9.41. The molecule has 0 aliphatic rings. The van der Waals surface area contributed by atoms with Gasteiger partial charge in [-0.25, -0.2) is 0 Å². The lowest BCUT2D eigenvalue weighted by Gasteiger charge is -2.14. The number of ether oxygens (including phenoxy) is 2. The number of hydrogen-bond acceptors (Lipinski definition) is 3. The molecular formula is C15H23BrO3. The van der Waals surface area contributed by atoms with Gasteiger partial charge in [0.25, 0.3) is 0 Å². The van der Waals surface area contributed by atoms with Gasteiger partial charge in [0.2, 0.25) is 0 Å². The van der Waals surface area contributed by atoms with Gasteiger partial charge in [-0.15, -0.1) is 0 Å². The van der Waals surface area contributed by atoms with E-state index in [1.807, 2.05) is 12.1 Å². The molecule has 1 aromatic carbocycles. The second kappa shape index (κ2) is 10.4. The molecule has 1 atom stereocenters. The van der Waals surface area contributed by atoms with Gasteiger partial charge in [-0.1, -0.05) is 28.1 Å². The van der Waals surface area contributed by atoms with Crippen LogP contribution < -0.4 is 0 Å². The van der Waals surface area contributed by atoms with E-state index in [9.17, 15) is 5.11 Å². The molecule has 0 spiro atoms. The molecule has 0 aliphatic heterocycles. The zero-order valence-electron chi connectivity index (χ0n) is 11.5. The highest BCUT2D eigenvalue weighted by Crippen LogP contribution is 2.16. The topological polar surface area (TPSA) is 38.7 Å². The monoisotopic (exact) mass is 330 g/mol. The molecule has 0 fully saturated rings. The lowest BCUT2D eigenvalue weighted by molar-refractivity contribution is 0.0857. The number of rotatable bonds is 10. The Labute approximate surface area is 124 Å². The maximum absolute atomic E-state index is 9.41. The quantitative estimate of drug-likeness (QED) is 0.670. The highest BCUT2D eigenvalue weighted by molar-refractivity contribution is 9.10. The van der Waals surface area contributed by atoms with Gasteiger partial charge in [0.1, 0.15) is 0 Å². The van der Waals surface area contributed by atoms with E-state index >= 15 is 0 Å². The molecule has 0 aromatic heterocycles. The maximum Gasteiger partial charge on any atom is 0.0487 e. The average Bonchev–Trinajstić information content (AvgIpc) is 2.41. The van der Waals surface area contributed by atoms with Crippen LogP contribution in [0.3, 0.4) is 0 Å². The van der Waals surface area contributed by atoms with Crippen LogP contribution in [0.2, 0.25) is 0 Å². The zero-order chi connectivity index (χ0) is 13.9. The van der Waals surface area contributed by atoms with Crippen molar-refractivity contribution in [2.45, 2.75) is 19.3 Å². The van der Waals surface area contributed by atoms with Crippen molar-refractivity contribution in [2.24, 2.45) is 5.92 Å². The smallest absolute Gasteiger partial charge is 0.0487 e. The van der Waals surface area contributed by atoms with Crippen LogP contribution in [0.5, 0.6) is 0 Å². The Bertz CT molecular complexity index is 344. The molecule has 4 heteroatoms. The first-order valence-corrected chi connectivity index (χ1v) is 7.47. The molecule has 1 aromatic rings. The van der Waals surface area contributed by atoms with Gasteiger partial charge in [-0.2, -0.15) is 0 Å². The van der Waals surface area contributed by atoms with Crippen molar-refractivity contribution in [3.8, 4) is 0 Å². The number of aliphatic hydroxyl groups excluding tert-OH is 1. The van der Waals surface area contributed by atoms with Crippen LogP contribution in [0.1, 0.15) is 18.4 Å². The van der Waals surface area contributed by atoms with Crippen LogP contribution in [0.15, 0.2) is 28.7 Å². The Hall–Kier alpha value is -0.420. The Morgan fingerprint density at radius 2 is 2.11 bits per heavy atom. The summed E-state index contributed by atoms with van der Waals surface area (Å²) in [4.78, 5) is 0. The highest BCUT2D eigenvalue weighted by Gasteiger charge is 2.09. The molecule has 1 unspecified atom stereocenters. The van der Waals surface area contributed by atoms with Crippen molar-refractivity contribution in [3.05, 3.63) is 34.3 Å². The van der Waals surface area contributed by atoms with E-state index in [1.54, 1.807) is 7.11 Å². The molecule has 1 N–H and O–H groups in total. The number of halogens is 1. The summed E-state index contributed by atoms with van der Waals surface area (Å²) in [5.41, 5.74) is 1.24. The van der Waals surface area contributed by atoms with E-state index in [-0.39, 0.29) is 12.5 Å². The minimum atomic E-state index is 0.202. The largest absolute Gasteiger partial charge is 0.396 e. The second-order valence-corrected chi connectivity index (χ2v) is 5.55. The predicted molar refractivity (Wildman–Crippen MR) is 80.4 cm³/mol. The Morgan fingerprint density at radius 3 is 2.79 bits per heavy atom. The van der Waals surface area contributed by atoms with Gasteiger partial charge in [0, 0.05) is 38.0 Å². The number of aliphatic hydroxyl groups is 1. The molecule has 0 radical (unpaired) electrons. The van der Waals surface area contributed by atoms with Gasteiger partial charge < -0.3 is 14.6 Å². The van der Waals surface area contributed by atoms with Crippen LogP contribution in [0, 0.1) is 5.92 Å². The van der Waals surface area contributed by atoms with Crippen molar-refractivity contribution >= 4 is 15.9 Å². The van der Waals surface area contributed by atoms with Crippen molar-refractivity contribution in [1.82, 2.24) is 0 Å². The van der Waals surface area contributed by atoms with Gasteiger partial charge in [-0.05, 0) is 42.9 Å². The van der Waals surface area contributed by atoms with Crippen molar-refractivity contribution in [1.29, 1.82) is 0 Å². The molecule has 3 nitrogen and oxygen atoms in total. The summed E-state index contributed by atoms with van der Waals surface area (Å²) < 4.78 is 11.6. The van der Waals surface area contributed by atoms with Crippen molar-refractivity contribution in [3.63, 3.8) is 0 Å². The highest BCUT2D eigenvalue weighted by atomic mass is 79.9. The Kier molecular flexibility index (Phi) is 9.08. The van der Waals surface area contributed by atoms with Crippen LogP contribution >= 0.6 is 15.9 Å². The van der Waals surface area contributed by atoms with Crippen molar-refractivity contribution < 1.29 is 14.6 Å². The standard InChI is InChI=1S/C15H23BrO3/c1-18-7-3-8-19-9-6-14(12-17)10-13-4-2-5-15(16)11-13/h2,4-5,11,14,17H,3,6-10,12H2,1H3. The molecule has 1 rings (SSSR count). The van der Waals surface area contributed by atoms with Gasteiger partial charge in [0.15, 0.2) is 0 Å². The molecule has 108 valence electrons. The molecule has 0 saturated carbocycles. The predicted octanol–water partition coefficient (Wildman–Crippen LogP) is 3.04. The van der Waals surface area contributed by atoms with Crippen LogP contribution in [0.4, 0.5) is 0 Å². The first-order valence-electron chi connectivity index (χ1n) is 6.68. The minimum absolute atomic E-state index is 0.202. The van der Waals surface area contributed by atoms with E-state index in [0.717, 1.165) is 36.9 Å². The van der Waals surface area contributed by atoms with Gasteiger partial charge >= 0.3 is 0 Å². The molecule has 0 amide bonds. The van der Waals surface area contributed by atoms with E-state index in [1.165, 1.54) is 5.56 Å². The summed E-state index contributed by atoms with van der Waals surface area (Å²) in [6, 6.07) is 8.22. The van der Waals surface area contributed by atoms with Gasteiger partial charge in [0.05, 0.1) is 0 Å². The molecule has 0 heterocycles.